The zero-order chi connectivity index (χ0) is 19.1. The summed E-state index contributed by atoms with van der Waals surface area (Å²) in [5.74, 6) is -1.25. The van der Waals surface area contributed by atoms with Gasteiger partial charge >= 0.3 is 5.97 Å². The predicted molar refractivity (Wildman–Crippen MR) is 100 cm³/mol. The molecule has 26 heavy (non-hydrogen) atoms. The monoisotopic (exact) mass is 355 g/mol. The van der Waals surface area contributed by atoms with Gasteiger partial charge in [-0.05, 0) is 36.4 Å². The first-order chi connectivity index (χ1) is 12.3. The molecule has 2 aromatic rings. The maximum absolute atomic E-state index is 12.1. The van der Waals surface area contributed by atoms with Crippen LogP contribution >= 0.6 is 0 Å². The van der Waals surface area contributed by atoms with E-state index < -0.39 is 18.5 Å². The molecule has 0 aliphatic carbocycles. The van der Waals surface area contributed by atoms with E-state index in [1.807, 2.05) is 25.1 Å². The normalized spacial score (nSPS) is 9.96. The van der Waals surface area contributed by atoms with Gasteiger partial charge in [0.25, 0.3) is 5.91 Å². The molecular weight excluding hydrogens is 334 g/mol. The van der Waals surface area contributed by atoms with Crippen molar-refractivity contribution in [2.75, 3.05) is 36.2 Å². The van der Waals surface area contributed by atoms with Crippen LogP contribution in [-0.4, -0.2) is 38.5 Å². The number of amides is 2. The highest BCUT2D eigenvalue weighted by Gasteiger charge is 2.11. The van der Waals surface area contributed by atoms with Gasteiger partial charge in [0.2, 0.25) is 5.91 Å². The van der Waals surface area contributed by atoms with Crippen LogP contribution in [0.1, 0.15) is 17.3 Å². The number of nitrogens with one attached hydrogen (secondary N) is 2. The summed E-state index contributed by atoms with van der Waals surface area (Å²) in [4.78, 5) is 37.0. The molecule has 0 saturated carbocycles. The molecule has 0 unspecified atom stereocenters. The summed E-state index contributed by atoms with van der Waals surface area (Å²) < 4.78 is 5.05. The molecule has 2 N–H and O–H groups in total. The maximum Gasteiger partial charge on any atom is 0.338 e. The number of carbonyl (C=O) groups excluding carboxylic acids is 3. The van der Waals surface area contributed by atoms with Crippen molar-refractivity contribution in [3.8, 4) is 0 Å². The summed E-state index contributed by atoms with van der Waals surface area (Å²) in [7, 11) is 3.74. The van der Waals surface area contributed by atoms with Crippen LogP contribution in [-0.2, 0) is 14.3 Å². The van der Waals surface area contributed by atoms with Crippen LogP contribution in [0.25, 0.3) is 0 Å². The average molecular weight is 355 g/mol. The summed E-state index contributed by atoms with van der Waals surface area (Å²) >= 11 is 0. The van der Waals surface area contributed by atoms with Crippen molar-refractivity contribution in [1.82, 2.24) is 0 Å². The van der Waals surface area contributed by atoms with Crippen molar-refractivity contribution in [3.05, 3.63) is 54.1 Å². The van der Waals surface area contributed by atoms with Gasteiger partial charge in [0.1, 0.15) is 0 Å². The molecule has 0 heterocycles. The largest absolute Gasteiger partial charge is 0.452 e. The van der Waals surface area contributed by atoms with Gasteiger partial charge in [-0.3, -0.25) is 9.59 Å². The Bertz CT molecular complexity index is 818. The Morgan fingerprint density at radius 3 is 2.27 bits per heavy atom. The summed E-state index contributed by atoms with van der Waals surface area (Å²) in [6, 6.07) is 13.6. The van der Waals surface area contributed by atoms with E-state index in [2.05, 4.69) is 10.6 Å². The number of hydrogen-bond donors (Lipinski definition) is 2. The van der Waals surface area contributed by atoms with Gasteiger partial charge in [0.05, 0.1) is 5.56 Å². The van der Waals surface area contributed by atoms with E-state index in [0.717, 1.165) is 5.69 Å². The van der Waals surface area contributed by atoms with Gasteiger partial charge in [-0.25, -0.2) is 4.79 Å². The first-order valence-corrected chi connectivity index (χ1v) is 7.97. The molecular formula is C19H21N3O4. The quantitative estimate of drug-likeness (QED) is 0.778. The Hall–Kier alpha value is -3.35. The average Bonchev–Trinajstić information content (AvgIpc) is 2.59. The van der Waals surface area contributed by atoms with Crippen molar-refractivity contribution in [2.24, 2.45) is 0 Å². The zero-order valence-electron chi connectivity index (χ0n) is 14.9. The van der Waals surface area contributed by atoms with Gasteiger partial charge in [-0.15, -0.1) is 0 Å². The van der Waals surface area contributed by atoms with Crippen LogP contribution in [0.3, 0.4) is 0 Å². The van der Waals surface area contributed by atoms with Gasteiger partial charge in [-0.1, -0.05) is 12.1 Å². The minimum absolute atomic E-state index is 0.206. The lowest BCUT2D eigenvalue weighted by molar-refractivity contribution is -0.119. The van der Waals surface area contributed by atoms with Gasteiger partial charge < -0.3 is 20.3 Å². The Morgan fingerprint density at radius 1 is 0.962 bits per heavy atom. The minimum atomic E-state index is -0.573. The number of esters is 1. The molecule has 7 nitrogen and oxygen atoms in total. The fourth-order valence-electron chi connectivity index (χ4n) is 2.20. The number of anilines is 3. The minimum Gasteiger partial charge on any atom is -0.452 e. The van der Waals surface area contributed by atoms with E-state index >= 15 is 0 Å². The zero-order valence-corrected chi connectivity index (χ0v) is 14.9. The number of ether oxygens (including phenoxy) is 1. The van der Waals surface area contributed by atoms with Crippen LogP contribution in [0.5, 0.6) is 0 Å². The van der Waals surface area contributed by atoms with Crippen molar-refractivity contribution in [2.45, 2.75) is 6.92 Å². The van der Waals surface area contributed by atoms with E-state index in [1.165, 1.54) is 6.92 Å². The number of hydrogen-bond acceptors (Lipinski definition) is 5. The first kappa shape index (κ1) is 19.0. The second kappa shape index (κ2) is 8.66. The standard InChI is InChI=1S/C19H21N3O4/c1-13(23)20-15-7-5-8-16(11-15)21-18(24)12-26-19(25)14-6-4-9-17(10-14)22(2)3/h4-11H,12H2,1-3H3,(H,20,23)(H,21,24). The number of rotatable bonds is 6. The van der Waals surface area contributed by atoms with E-state index in [4.69, 9.17) is 4.74 Å². The van der Waals surface area contributed by atoms with Crippen LogP contribution in [0.15, 0.2) is 48.5 Å². The van der Waals surface area contributed by atoms with Crippen LogP contribution in [0.4, 0.5) is 17.1 Å². The molecule has 0 aliphatic rings. The third kappa shape index (κ3) is 5.62. The lowest BCUT2D eigenvalue weighted by Gasteiger charge is -2.13. The number of benzene rings is 2. The molecule has 0 radical (unpaired) electrons. The summed E-state index contributed by atoms with van der Waals surface area (Å²) in [6.45, 7) is 0.991. The molecule has 0 fully saturated rings. The molecule has 0 saturated heterocycles. The Labute approximate surface area is 152 Å². The summed E-state index contributed by atoms with van der Waals surface area (Å²) in [5.41, 5.74) is 2.29. The molecule has 7 heteroatoms. The van der Waals surface area contributed by atoms with Crippen LogP contribution < -0.4 is 15.5 Å². The Morgan fingerprint density at radius 2 is 1.62 bits per heavy atom. The van der Waals surface area contributed by atoms with Crippen molar-refractivity contribution in [3.63, 3.8) is 0 Å². The maximum atomic E-state index is 12.1. The lowest BCUT2D eigenvalue weighted by Crippen LogP contribution is -2.21. The predicted octanol–water partition coefficient (Wildman–Crippen LogP) is 2.51. The van der Waals surface area contributed by atoms with E-state index in [-0.39, 0.29) is 5.91 Å². The van der Waals surface area contributed by atoms with Crippen molar-refractivity contribution < 1.29 is 19.1 Å². The van der Waals surface area contributed by atoms with Crippen LogP contribution in [0, 0.1) is 0 Å². The third-order valence-corrected chi connectivity index (χ3v) is 3.40. The fraction of sp³-hybridized carbons (Fsp3) is 0.211. The van der Waals surface area contributed by atoms with E-state index in [0.29, 0.717) is 16.9 Å². The molecule has 0 aliphatic heterocycles. The highest BCUT2D eigenvalue weighted by molar-refractivity contribution is 5.96. The Kier molecular flexibility index (Phi) is 6.32. The molecule has 136 valence electrons. The molecule has 2 amide bonds. The molecule has 0 atom stereocenters. The fourth-order valence-corrected chi connectivity index (χ4v) is 2.20. The summed E-state index contributed by atoms with van der Waals surface area (Å²) in [6.07, 6.45) is 0. The molecule has 0 aromatic heterocycles. The number of nitrogens with zero attached hydrogens (tertiary/aromatic N) is 1. The molecule has 0 spiro atoms. The van der Waals surface area contributed by atoms with E-state index in [9.17, 15) is 14.4 Å². The van der Waals surface area contributed by atoms with E-state index in [1.54, 1.807) is 42.5 Å². The van der Waals surface area contributed by atoms with Crippen LogP contribution in [0.2, 0.25) is 0 Å². The van der Waals surface area contributed by atoms with Gasteiger partial charge in [0.15, 0.2) is 6.61 Å². The lowest BCUT2D eigenvalue weighted by atomic mass is 10.2. The summed E-state index contributed by atoms with van der Waals surface area (Å²) in [5, 5.41) is 5.24. The second-order valence-electron chi connectivity index (χ2n) is 5.83. The SMILES string of the molecule is CC(=O)Nc1cccc(NC(=O)COC(=O)c2cccc(N(C)C)c2)c1. The first-order valence-electron chi connectivity index (χ1n) is 7.97. The molecule has 2 rings (SSSR count). The Balaban J connectivity index is 1.91. The van der Waals surface area contributed by atoms with Gasteiger partial charge in [0, 0.05) is 38.1 Å². The molecule has 2 aromatic carbocycles. The van der Waals surface area contributed by atoms with Crippen molar-refractivity contribution >= 4 is 34.8 Å². The smallest absolute Gasteiger partial charge is 0.338 e. The van der Waals surface area contributed by atoms with Gasteiger partial charge in [-0.2, -0.15) is 0 Å². The topological polar surface area (TPSA) is 87.7 Å². The third-order valence-electron chi connectivity index (χ3n) is 3.40. The number of carbonyl (C=O) groups is 3. The second-order valence-corrected chi connectivity index (χ2v) is 5.83. The van der Waals surface area contributed by atoms with Crippen molar-refractivity contribution in [1.29, 1.82) is 0 Å². The highest BCUT2D eigenvalue weighted by atomic mass is 16.5. The highest BCUT2D eigenvalue weighted by Crippen LogP contribution is 2.16. The molecule has 0 bridgehead atoms.